The van der Waals surface area contributed by atoms with Crippen molar-refractivity contribution in [2.45, 2.75) is 0 Å². The van der Waals surface area contributed by atoms with Crippen LogP contribution in [0.15, 0.2) is 261 Å². The molecule has 0 saturated heterocycles. The van der Waals surface area contributed by atoms with Gasteiger partial charge in [-0.25, -0.2) is 0 Å². The van der Waals surface area contributed by atoms with Gasteiger partial charge in [0, 0.05) is 49.7 Å². The van der Waals surface area contributed by atoms with Crippen molar-refractivity contribution < 1.29 is 0 Å². The van der Waals surface area contributed by atoms with Crippen LogP contribution in [0.5, 0.6) is 0 Å². The number of aromatic nitrogens is 2. The van der Waals surface area contributed by atoms with Crippen molar-refractivity contribution in [1.29, 1.82) is 0 Å². The molecular formula is C64H43N3. The van der Waals surface area contributed by atoms with Gasteiger partial charge < -0.3 is 14.0 Å². The molecule has 0 aliphatic carbocycles. The fraction of sp³-hybridized carbons (Fsp3) is 0. The Kier molecular flexibility index (Phi) is 9.17. The number of rotatable bonds is 8. The molecule has 0 spiro atoms. The van der Waals surface area contributed by atoms with Crippen LogP contribution in [0.2, 0.25) is 0 Å². The molecule has 2 aromatic heterocycles. The van der Waals surface area contributed by atoms with E-state index < -0.39 is 0 Å². The maximum absolute atomic E-state index is 2.39. The second-order valence-corrected chi connectivity index (χ2v) is 17.3. The molecule has 0 radical (unpaired) electrons. The summed E-state index contributed by atoms with van der Waals surface area (Å²) in [5.41, 5.74) is 17.6. The molecule has 3 heteroatoms. The number of anilines is 3. The van der Waals surface area contributed by atoms with Gasteiger partial charge in [-0.05, 0) is 124 Å². The number of benzene rings is 11. The average Bonchev–Trinajstić information content (AvgIpc) is 3.92. The van der Waals surface area contributed by atoms with E-state index in [9.17, 15) is 0 Å². The lowest BCUT2D eigenvalue weighted by Crippen LogP contribution is -2.10. The Bertz CT molecular complexity index is 3930. The van der Waals surface area contributed by atoms with E-state index >= 15 is 0 Å². The van der Waals surface area contributed by atoms with Crippen LogP contribution in [0, 0.1) is 0 Å². The van der Waals surface area contributed by atoms with Gasteiger partial charge in [0.2, 0.25) is 0 Å². The molecule has 314 valence electrons. The highest BCUT2D eigenvalue weighted by Gasteiger charge is 2.18. The van der Waals surface area contributed by atoms with Gasteiger partial charge in [0.05, 0.1) is 27.8 Å². The van der Waals surface area contributed by atoms with E-state index in [1.165, 1.54) is 93.5 Å². The van der Waals surface area contributed by atoms with E-state index in [2.05, 4.69) is 275 Å². The van der Waals surface area contributed by atoms with Crippen LogP contribution in [0.1, 0.15) is 0 Å². The number of nitrogens with zero attached hydrogens (tertiary/aromatic N) is 3. The van der Waals surface area contributed by atoms with Gasteiger partial charge in [-0.3, -0.25) is 0 Å². The number of hydrogen-bond acceptors (Lipinski definition) is 1. The maximum atomic E-state index is 2.39. The first kappa shape index (κ1) is 38.5. The van der Waals surface area contributed by atoms with Crippen LogP contribution < -0.4 is 4.90 Å². The Labute approximate surface area is 389 Å². The smallest absolute Gasteiger partial charge is 0.0547 e. The second-order valence-electron chi connectivity index (χ2n) is 17.3. The lowest BCUT2D eigenvalue weighted by Gasteiger charge is -2.27. The summed E-state index contributed by atoms with van der Waals surface area (Å²) in [6.07, 6.45) is 0. The topological polar surface area (TPSA) is 13.1 Å². The number of para-hydroxylation sites is 4. The first-order valence-electron chi connectivity index (χ1n) is 23.0. The zero-order valence-electron chi connectivity index (χ0n) is 36.7. The highest BCUT2D eigenvalue weighted by Crippen LogP contribution is 2.42. The molecule has 2 heterocycles. The van der Waals surface area contributed by atoms with Crippen molar-refractivity contribution in [3.63, 3.8) is 0 Å². The van der Waals surface area contributed by atoms with Crippen molar-refractivity contribution in [3.8, 4) is 44.8 Å². The third kappa shape index (κ3) is 6.59. The molecule has 0 amide bonds. The van der Waals surface area contributed by atoms with Gasteiger partial charge in [0.25, 0.3) is 0 Å². The summed E-state index contributed by atoms with van der Waals surface area (Å²) in [6.45, 7) is 0. The largest absolute Gasteiger partial charge is 0.310 e. The monoisotopic (exact) mass is 853 g/mol. The van der Waals surface area contributed by atoms with Crippen LogP contribution in [-0.4, -0.2) is 9.13 Å². The van der Waals surface area contributed by atoms with Crippen LogP contribution in [0.3, 0.4) is 0 Å². The zero-order valence-corrected chi connectivity index (χ0v) is 36.7. The molecule has 3 nitrogen and oxygen atoms in total. The van der Waals surface area contributed by atoms with Crippen LogP contribution >= 0.6 is 0 Å². The van der Waals surface area contributed by atoms with Gasteiger partial charge >= 0.3 is 0 Å². The van der Waals surface area contributed by atoms with Crippen LogP contribution in [-0.2, 0) is 0 Å². The first-order valence-corrected chi connectivity index (χ1v) is 23.0. The Hall–Kier alpha value is -8.92. The summed E-state index contributed by atoms with van der Waals surface area (Å²) in [5, 5.41) is 7.44. The molecule has 0 atom stereocenters. The van der Waals surface area contributed by atoms with Crippen molar-refractivity contribution >= 4 is 71.4 Å². The molecule has 11 aromatic carbocycles. The Morgan fingerprint density at radius 1 is 0.239 bits per heavy atom. The molecule has 0 aliphatic heterocycles. The molecule has 0 fully saturated rings. The van der Waals surface area contributed by atoms with E-state index in [1.54, 1.807) is 0 Å². The van der Waals surface area contributed by atoms with Crippen LogP contribution in [0.4, 0.5) is 17.1 Å². The van der Waals surface area contributed by atoms with E-state index in [-0.39, 0.29) is 0 Å². The maximum Gasteiger partial charge on any atom is 0.0547 e. The Balaban J connectivity index is 0.838. The fourth-order valence-electron chi connectivity index (χ4n) is 10.3. The van der Waals surface area contributed by atoms with Gasteiger partial charge in [-0.2, -0.15) is 0 Å². The SMILES string of the molecule is c1ccc(-n2c3ccccc3c3cc(-c4ccc(-c5ccc(N(c6ccc(-c7ccc8c9ccccc9n(-c9ccccc9)c8c7)cc6)c6cccc7ccccc67)cc5)cc4)ccc32)cc1. The minimum absolute atomic E-state index is 1.10. The van der Waals surface area contributed by atoms with Gasteiger partial charge in [0.1, 0.15) is 0 Å². The molecule has 13 aromatic rings. The van der Waals surface area contributed by atoms with Crippen molar-refractivity contribution in [1.82, 2.24) is 9.13 Å². The molecular weight excluding hydrogens is 811 g/mol. The van der Waals surface area contributed by atoms with E-state index in [0.29, 0.717) is 0 Å². The summed E-state index contributed by atoms with van der Waals surface area (Å²) in [7, 11) is 0. The van der Waals surface area contributed by atoms with Crippen molar-refractivity contribution in [2.75, 3.05) is 4.90 Å². The van der Waals surface area contributed by atoms with Crippen molar-refractivity contribution in [3.05, 3.63) is 261 Å². The standard InChI is InChI=1S/C64H43N3/c1-3-16-51(17-4-1)66-62-24-12-10-22-57(62)59-42-49(35-41-63(59)66)46-28-26-44(27-29-46)45-30-36-53(37-31-45)65(60-25-13-15-48-14-7-8-20-55(48)60)54-38-32-47(33-39-54)50-34-40-58-56-21-9-11-23-61(56)67(64(58)43-50)52-18-5-2-6-19-52/h1-43H. The molecule has 0 N–H and O–H groups in total. The third-order valence-corrected chi connectivity index (χ3v) is 13.5. The predicted octanol–water partition coefficient (Wildman–Crippen LogP) is 17.5. The molecule has 0 unspecified atom stereocenters. The molecule has 67 heavy (non-hydrogen) atoms. The Morgan fingerprint density at radius 2 is 0.642 bits per heavy atom. The lowest BCUT2D eigenvalue weighted by molar-refractivity contribution is 1.18. The third-order valence-electron chi connectivity index (χ3n) is 13.5. The molecule has 13 rings (SSSR count). The second kappa shape index (κ2) is 16.0. The molecule has 0 saturated carbocycles. The summed E-state index contributed by atoms with van der Waals surface area (Å²) in [6, 6.07) is 94.8. The van der Waals surface area contributed by atoms with Gasteiger partial charge in [-0.1, -0.05) is 176 Å². The highest BCUT2D eigenvalue weighted by molar-refractivity contribution is 6.11. The zero-order chi connectivity index (χ0) is 44.3. The first-order chi connectivity index (χ1) is 33.2. The predicted molar refractivity (Wildman–Crippen MR) is 284 cm³/mol. The minimum Gasteiger partial charge on any atom is -0.310 e. The quantitative estimate of drug-likeness (QED) is 0.148. The fourth-order valence-corrected chi connectivity index (χ4v) is 10.3. The van der Waals surface area contributed by atoms with Gasteiger partial charge in [-0.15, -0.1) is 0 Å². The number of fused-ring (bicyclic) bond motifs is 7. The summed E-state index contributed by atoms with van der Waals surface area (Å²) < 4.78 is 4.75. The van der Waals surface area contributed by atoms with E-state index in [1.807, 2.05) is 0 Å². The normalized spacial score (nSPS) is 11.6. The van der Waals surface area contributed by atoms with Gasteiger partial charge in [0.15, 0.2) is 0 Å². The molecule has 0 aliphatic rings. The number of hydrogen-bond donors (Lipinski definition) is 0. The van der Waals surface area contributed by atoms with Crippen LogP contribution in [0.25, 0.3) is 99.1 Å². The molecule has 0 bridgehead atoms. The lowest BCUT2D eigenvalue weighted by atomic mass is 9.98. The summed E-state index contributed by atoms with van der Waals surface area (Å²) in [4.78, 5) is 2.39. The van der Waals surface area contributed by atoms with E-state index in [0.717, 1.165) is 22.7 Å². The average molecular weight is 854 g/mol. The Morgan fingerprint density at radius 3 is 1.25 bits per heavy atom. The highest BCUT2D eigenvalue weighted by atomic mass is 15.1. The summed E-state index contributed by atoms with van der Waals surface area (Å²) >= 11 is 0. The minimum atomic E-state index is 1.10. The van der Waals surface area contributed by atoms with Crippen molar-refractivity contribution in [2.24, 2.45) is 0 Å². The van der Waals surface area contributed by atoms with E-state index in [4.69, 9.17) is 0 Å². The summed E-state index contributed by atoms with van der Waals surface area (Å²) in [5.74, 6) is 0.